The third kappa shape index (κ3) is 17.9. The van der Waals surface area contributed by atoms with Crippen LogP contribution in [0.3, 0.4) is 0 Å². The highest BCUT2D eigenvalue weighted by Crippen LogP contribution is 2.11. The second-order valence-corrected chi connectivity index (χ2v) is 14.0. The molecule has 316 valence electrons. The van der Waals surface area contributed by atoms with Crippen LogP contribution in [0.4, 0.5) is 0 Å². The smallest absolute Gasteiger partial charge is 0.305 e. The summed E-state index contributed by atoms with van der Waals surface area (Å²) in [4.78, 5) is 107. The standard InChI is InChI=1S/C38H55N11O9/c1-21(2)16-27(35(56)45-25(14-9-15-44-38(42)43)34(55)46-26(32(41)53)17-22-10-5-3-6-11-22)48-36(57)28(18-23-12-7-4-8-13-23)49-37(58)29(20-30(40)50)47-33(54)24(39)19-31(51)52/h3-8,10-13,21,24-29H,9,14-20,39H2,1-2H3,(H2,40,50)(H2,41,53)(H,45,56)(H,46,55)(H,47,54)(H,48,57)(H,49,58)(H,51,52)(H4,42,43,44)/t24-,25-,26-,27-,28-,29-/m0/s1. The van der Waals surface area contributed by atoms with Gasteiger partial charge in [-0.1, -0.05) is 74.5 Å². The molecule has 2 aromatic carbocycles. The van der Waals surface area contributed by atoms with E-state index >= 15 is 0 Å². The van der Waals surface area contributed by atoms with Crippen molar-refractivity contribution in [2.45, 2.75) is 95.0 Å². The number of carbonyl (C=O) groups excluding carboxylic acids is 7. The molecule has 2 aromatic rings. The minimum atomic E-state index is -1.64. The van der Waals surface area contributed by atoms with Gasteiger partial charge in [0.25, 0.3) is 0 Å². The molecule has 0 spiro atoms. The van der Waals surface area contributed by atoms with E-state index in [-0.39, 0.29) is 50.5 Å². The molecule has 0 bridgehead atoms. The molecule has 0 fully saturated rings. The Bertz CT molecular complexity index is 1760. The van der Waals surface area contributed by atoms with Gasteiger partial charge in [-0.05, 0) is 36.3 Å². The fourth-order valence-corrected chi connectivity index (χ4v) is 5.67. The summed E-state index contributed by atoms with van der Waals surface area (Å²) >= 11 is 0. The molecule has 20 nitrogen and oxygen atoms in total. The number of carbonyl (C=O) groups is 8. The monoisotopic (exact) mass is 809 g/mol. The highest BCUT2D eigenvalue weighted by Gasteiger charge is 2.34. The first-order chi connectivity index (χ1) is 27.4. The molecule has 0 heterocycles. The van der Waals surface area contributed by atoms with Crippen LogP contribution in [0.2, 0.25) is 0 Å². The van der Waals surface area contributed by atoms with Gasteiger partial charge in [0.15, 0.2) is 5.96 Å². The minimum Gasteiger partial charge on any atom is -0.481 e. The van der Waals surface area contributed by atoms with Crippen LogP contribution in [-0.4, -0.2) is 101 Å². The van der Waals surface area contributed by atoms with Gasteiger partial charge in [-0.3, -0.25) is 43.3 Å². The second-order valence-electron chi connectivity index (χ2n) is 14.0. The number of hydrogen-bond acceptors (Lipinski definition) is 10. The van der Waals surface area contributed by atoms with Crippen molar-refractivity contribution in [1.82, 2.24) is 26.6 Å². The zero-order chi connectivity index (χ0) is 43.4. The number of aliphatic carboxylic acids is 1. The first-order valence-electron chi connectivity index (χ1n) is 18.6. The second kappa shape index (κ2) is 24.1. The molecule has 16 N–H and O–H groups in total. The van der Waals surface area contributed by atoms with Crippen LogP contribution in [0, 0.1) is 5.92 Å². The van der Waals surface area contributed by atoms with Crippen molar-refractivity contribution in [3.63, 3.8) is 0 Å². The van der Waals surface area contributed by atoms with Crippen LogP contribution in [0.5, 0.6) is 0 Å². The average Bonchev–Trinajstić information content (AvgIpc) is 3.14. The van der Waals surface area contributed by atoms with Gasteiger partial charge < -0.3 is 60.4 Å². The Balaban J connectivity index is 2.39. The largest absolute Gasteiger partial charge is 0.481 e. The van der Waals surface area contributed by atoms with E-state index in [2.05, 4.69) is 31.6 Å². The lowest BCUT2D eigenvalue weighted by atomic mass is 9.99. The Morgan fingerprint density at radius 2 is 1.05 bits per heavy atom. The number of nitrogens with one attached hydrogen (secondary N) is 5. The lowest BCUT2D eigenvalue weighted by Crippen LogP contribution is -2.60. The summed E-state index contributed by atoms with van der Waals surface area (Å²) in [7, 11) is 0. The Hall–Kier alpha value is -6.57. The van der Waals surface area contributed by atoms with E-state index in [0.717, 1.165) is 5.56 Å². The summed E-state index contributed by atoms with van der Waals surface area (Å²) in [6, 6.07) is 9.08. The number of carboxylic acids is 1. The normalized spacial score (nSPS) is 13.9. The summed E-state index contributed by atoms with van der Waals surface area (Å²) in [6.45, 7) is 3.70. The zero-order valence-corrected chi connectivity index (χ0v) is 32.5. The van der Waals surface area contributed by atoms with Gasteiger partial charge in [0, 0.05) is 19.4 Å². The quantitative estimate of drug-likeness (QED) is 0.0275. The predicted octanol–water partition coefficient (Wildman–Crippen LogP) is -2.84. The van der Waals surface area contributed by atoms with Gasteiger partial charge in [-0.25, -0.2) is 0 Å². The molecule has 2 rings (SSSR count). The number of nitrogens with two attached hydrogens (primary N) is 5. The molecular weight excluding hydrogens is 754 g/mol. The number of guanidine groups is 1. The van der Waals surface area contributed by atoms with Crippen LogP contribution in [0.25, 0.3) is 0 Å². The summed E-state index contributed by atoms with van der Waals surface area (Å²) in [5, 5.41) is 21.7. The van der Waals surface area contributed by atoms with Crippen molar-refractivity contribution in [2.75, 3.05) is 6.54 Å². The van der Waals surface area contributed by atoms with Gasteiger partial charge in [-0.2, -0.15) is 0 Å². The molecule has 0 radical (unpaired) electrons. The summed E-state index contributed by atoms with van der Waals surface area (Å²) in [5.74, 6) is -7.95. The van der Waals surface area contributed by atoms with E-state index in [1.165, 1.54) is 0 Å². The number of primary amides is 2. The molecule has 0 aromatic heterocycles. The molecule has 0 saturated carbocycles. The number of nitrogens with zero attached hydrogens (tertiary/aromatic N) is 1. The summed E-state index contributed by atoms with van der Waals surface area (Å²) < 4.78 is 0. The number of carboxylic acid groups (broad SMARTS) is 1. The molecule has 0 aliphatic rings. The summed E-state index contributed by atoms with van der Waals surface area (Å²) in [5.41, 5.74) is 28.8. The molecule has 0 unspecified atom stereocenters. The van der Waals surface area contributed by atoms with Gasteiger partial charge in [0.2, 0.25) is 41.4 Å². The van der Waals surface area contributed by atoms with Crippen molar-refractivity contribution in [1.29, 1.82) is 0 Å². The van der Waals surface area contributed by atoms with Crippen LogP contribution in [0.15, 0.2) is 65.7 Å². The fraction of sp³-hybridized carbons (Fsp3) is 0.447. The number of benzene rings is 2. The SMILES string of the molecule is CC(C)C[C@H](NC(=O)[C@H](Cc1ccccc1)NC(=O)[C@H](CC(N)=O)NC(=O)[C@@H](N)CC(=O)O)C(=O)N[C@@H](CCCN=C(N)N)C(=O)N[C@@H](Cc1ccccc1)C(N)=O. The number of aliphatic imine (C=N–C) groups is 1. The van der Waals surface area contributed by atoms with E-state index in [1.807, 2.05) is 0 Å². The van der Waals surface area contributed by atoms with Crippen molar-refractivity contribution in [2.24, 2.45) is 39.6 Å². The van der Waals surface area contributed by atoms with Crippen molar-refractivity contribution in [3.8, 4) is 0 Å². The van der Waals surface area contributed by atoms with Gasteiger partial charge in [0.05, 0.1) is 18.9 Å². The maximum atomic E-state index is 14.0. The number of amides is 7. The topological polar surface area (TPSA) is 359 Å². The Kier molecular flexibility index (Phi) is 19.8. The molecule has 58 heavy (non-hydrogen) atoms. The van der Waals surface area contributed by atoms with Gasteiger partial charge in [-0.15, -0.1) is 0 Å². The Labute approximate surface area is 335 Å². The Morgan fingerprint density at radius 3 is 1.55 bits per heavy atom. The number of rotatable bonds is 25. The highest BCUT2D eigenvalue weighted by molar-refractivity contribution is 5.98. The van der Waals surface area contributed by atoms with Crippen molar-refractivity contribution < 1.29 is 43.5 Å². The van der Waals surface area contributed by atoms with E-state index < -0.39 is 96.4 Å². The van der Waals surface area contributed by atoms with Crippen LogP contribution in [0.1, 0.15) is 57.1 Å². The van der Waals surface area contributed by atoms with E-state index in [9.17, 15) is 38.4 Å². The first-order valence-corrected chi connectivity index (χ1v) is 18.6. The van der Waals surface area contributed by atoms with E-state index in [0.29, 0.717) is 5.56 Å². The predicted molar refractivity (Wildman–Crippen MR) is 213 cm³/mol. The van der Waals surface area contributed by atoms with Crippen molar-refractivity contribution in [3.05, 3.63) is 71.8 Å². The molecule has 20 heteroatoms. The molecule has 0 aliphatic heterocycles. The Morgan fingerprint density at radius 1 is 0.603 bits per heavy atom. The van der Waals surface area contributed by atoms with Crippen LogP contribution in [-0.2, 0) is 51.2 Å². The molecule has 7 amide bonds. The molecule has 6 atom stereocenters. The lowest BCUT2D eigenvalue weighted by Gasteiger charge is -2.28. The van der Waals surface area contributed by atoms with Crippen LogP contribution >= 0.6 is 0 Å². The van der Waals surface area contributed by atoms with Crippen LogP contribution < -0.4 is 55.3 Å². The van der Waals surface area contributed by atoms with Crippen molar-refractivity contribution >= 4 is 53.3 Å². The highest BCUT2D eigenvalue weighted by atomic mass is 16.4. The average molecular weight is 810 g/mol. The molecule has 0 aliphatic carbocycles. The van der Waals surface area contributed by atoms with Gasteiger partial charge in [0.1, 0.15) is 30.2 Å². The van der Waals surface area contributed by atoms with E-state index in [4.69, 9.17) is 33.8 Å². The molecule has 0 saturated heterocycles. The van der Waals surface area contributed by atoms with Gasteiger partial charge >= 0.3 is 5.97 Å². The number of hydrogen-bond donors (Lipinski definition) is 11. The zero-order valence-electron chi connectivity index (χ0n) is 32.5. The third-order valence-corrected chi connectivity index (χ3v) is 8.55. The first kappa shape index (κ1) is 47.6. The third-order valence-electron chi connectivity index (χ3n) is 8.55. The molecular formula is C38H55N11O9. The lowest BCUT2D eigenvalue weighted by molar-refractivity contribution is -0.140. The minimum absolute atomic E-state index is 0.0172. The van der Waals surface area contributed by atoms with E-state index in [1.54, 1.807) is 74.5 Å². The maximum absolute atomic E-state index is 14.0. The maximum Gasteiger partial charge on any atom is 0.305 e. The summed E-state index contributed by atoms with van der Waals surface area (Å²) in [6.07, 6.45) is -1.20. The fourth-order valence-electron chi connectivity index (χ4n) is 5.67.